The number of aromatic amines is 1. The lowest BCUT2D eigenvalue weighted by molar-refractivity contribution is 1.03. The molecule has 0 unspecified atom stereocenters. The van der Waals surface area contributed by atoms with E-state index < -0.39 is 0 Å². The van der Waals surface area contributed by atoms with Gasteiger partial charge in [-0.1, -0.05) is 53.0 Å². The molecule has 2 nitrogen and oxygen atoms in total. The van der Waals surface area contributed by atoms with Gasteiger partial charge in [0.05, 0.1) is 11.9 Å². The minimum absolute atomic E-state index is 0.597. The lowest BCUT2D eigenvalue weighted by Crippen LogP contribution is -1.91. The van der Waals surface area contributed by atoms with Crippen LogP contribution in [0.5, 0.6) is 0 Å². The van der Waals surface area contributed by atoms with Gasteiger partial charge in [-0.2, -0.15) is 0 Å². The van der Waals surface area contributed by atoms with E-state index in [1.54, 1.807) is 12.3 Å². The summed E-state index contributed by atoms with van der Waals surface area (Å²) in [6.07, 6.45) is 2.42. The summed E-state index contributed by atoms with van der Waals surface area (Å²) < 4.78 is 0. The molecule has 0 atom stereocenters. The molecule has 2 aromatic carbocycles. The summed E-state index contributed by atoms with van der Waals surface area (Å²) in [5.41, 5.74) is 2.82. The number of nitrogens with zero attached hydrogens (tertiary/aromatic N) is 1. The lowest BCUT2D eigenvalue weighted by Gasteiger charge is -2.02. The van der Waals surface area contributed by atoms with Gasteiger partial charge in [0, 0.05) is 27.1 Å². The maximum Gasteiger partial charge on any atom is 0.110 e. The second-order valence-electron chi connectivity index (χ2n) is 4.67. The molecule has 3 rings (SSSR count). The van der Waals surface area contributed by atoms with Gasteiger partial charge in [-0.15, -0.1) is 0 Å². The highest BCUT2D eigenvalue weighted by molar-refractivity contribution is 6.35. The van der Waals surface area contributed by atoms with E-state index in [0.717, 1.165) is 27.7 Å². The smallest absolute Gasteiger partial charge is 0.110 e. The summed E-state index contributed by atoms with van der Waals surface area (Å²) in [7, 11) is 0. The van der Waals surface area contributed by atoms with Crippen molar-refractivity contribution in [2.24, 2.45) is 0 Å². The van der Waals surface area contributed by atoms with E-state index in [1.807, 2.05) is 36.4 Å². The van der Waals surface area contributed by atoms with Crippen LogP contribution in [0.25, 0.3) is 11.3 Å². The normalized spacial score (nSPS) is 10.8. The zero-order chi connectivity index (χ0) is 14.8. The first-order valence-corrected chi connectivity index (χ1v) is 7.49. The molecule has 3 aromatic rings. The molecule has 0 aliphatic rings. The van der Waals surface area contributed by atoms with Gasteiger partial charge in [0.1, 0.15) is 5.82 Å². The van der Waals surface area contributed by atoms with Gasteiger partial charge in [-0.05, 0) is 29.8 Å². The van der Waals surface area contributed by atoms with Gasteiger partial charge in [-0.25, -0.2) is 4.98 Å². The average molecular weight is 338 g/mol. The molecular formula is C16H11Cl3N2. The topological polar surface area (TPSA) is 28.7 Å². The van der Waals surface area contributed by atoms with Crippen molar-refractivity contribution in [1.82, 2.24) is 9.97 Å². The van der Waals surface area contributed by atoms with Gasteiger partial charge in [-0.3, -0.25) is 0 Å². The fourth-order valence-corrected chi connectivity index (χ4v) is 2.86. The predicted octanol–water partition coefficient (Wildman–Crippen LogP) is 5.63. The molecule has 0 radical (unpaired) electrons. The first kappa shape index (κ1) is 14.5. The second-order valence-corrected chi connectivity index (χ2v) is 5.95. The fourth-order valence-electron chi connectivity index (χ4n) is 2.13. The van der Waals surface area contributed by atoms with Crippen molar-refractivity contribution in [2.45, 2.75) is 6.42 Å². The van der Waals surface area contributed by atoms with Crippen LogP contribution in [0.1, 0.15) is 11.4 Å². The predicted molar refractivity (Wildman–Crippen MR) is 88.3 cm³/mol. The molecule has 106 valence electrons. The van der Waals surface area contributed by atoms with E-state index in [-0.39, 0.29) is 0 Å². The Hall–Kier alpha value is -1.48. The van der Waals surface area contributed by atoms with Gasteiger partial charge >= 0.3 is 0 Å². The Balaban J connectivity index is 1.88. The Kier molecular flexibility index (Phi) is 4.20. The Bertz CT molecular complexity index is 760. The quantitative estimate of drug-likeness (QED) is 0.659. The molecule has 0 saturated carbocycles. The third-order valence-corrected chi connectivity index (χ3v) is 3.92. The summed E-state index contributed by atoms with van der Waals surface area (Å²) in [6, 6.07) is 13.1. The van der Waals surface area contributed by atoms with Crippen LogP contribution in [-0.2, 0) is 6.42 Å². The molecule has 5 heteroatoms. The first-order valence-electron chi connectivity index (χ1n) is 6.35. The van der Waals surface area contributed by atoms with Gasteiger partial charge in [0.15, 0.2) is 0 Å². The third kappa shape index (κ3) is 3.41. The van der Waals surface area contributed by atoms with E-state index in [1.165, 1.54) is 0 Å². The van der Waals surface area contributed by atoms with E-state index in [2.05, 4.69) is 9.97 Å². The second kappa shape index (κ2) is 6.10. The zero-order valence-electron chi connectivity index (χ0n) is 10.9. The summed E-state index contributed by atoms with van der Waals surface area (Å²) in [5.74, 6) is 0.842. The molecule has 0 saturated heterocycles. The molecule has 1 heterocycles. The van der Waals surface area contributed by atoms with Crippen LogP contribution < -0.4 is 0 Å². The van der Waals surface area contributed by atoms with Crippen LogP contribution in [-0.4, -0.2) is 9.97 Å². The van der Waals surface area contributed by atoms with Gasteiger partial charge in [0.25, 0.3) is 0 Å². The Morgan fingerprint density at radius 1 is 0.952 bits per heavy atom. The highest BCUT2D eigenvalue weighted by Crippen LogP contribution is 2.26. The number of rotatable bonds is 3. The Morgan fingerprint density at radius 3 is 2.38 bits per heavy atom. The Morgan fingerprint density at radius 2 is 1.67 bits per heavy atom. The number of aromatic nitrogens is 2. The van der Waals surface area contributed by atoms with Crippen molar-refractivity contribution in [3.63, 3.8) is 0 Å². The molecule has 21 heavy (non-hydrogen) atoms. The van der Waals surface area contributed by atoms with Crippen molar-refractivity contribution in [2.75, 3.05) is 0 Å². The van der Waals surface area contributed by atoms with E-state index in [9.17, 15) is 0 Å². The summed E-state index contributed by atoms with van der Waals surface area (Å²) >= 11 is 18.2. The third-order valence-electron chi connectivity index (χ3n) is 3.12. The van der Waals surface area contributed by atoms with Gasteiger partial charge in [0.2, 0.25) is 0 Å². The van der Waals surface area contributed by atoms with E-state index >= 15 is 0 Å². The van der Waals surface area contributed by atoms with Crippen LogP contribution in [0.15, 0.2) is 48.7 Å². The van der Waals surface area contributed by atoms with E-state index in [4.69, 9.17) is 34.8 Å². The van der Waals surface area contributed by atoms with Crippen LogP contribution >= 0.6 is 34.8 Å². The minimum atomic E-state index is 0.597. The van der Waals surface area contributed by atoms with Crippen molar-refractivity contribution in [3.05, 3.63) is 75.1 Å². The van der Waals surface area contributed by atoms with Crippen LogP contribution in [0.4, 0.5) is 0 Å². The summed E-state index contributed by atoms with van der Waals surface area (Å²) in [4.78, 5) is 7.66. The molecule has 0 fully saturated rings. The molecule has 0 bridgehead atoms. The zero-order valence-corrected chi connectivity index (χ0v) is 13.2. The minimum Gasteiger partial charge on any atom is -0.342 e. The number of hydrogen-bond donors (Lipinski definition) is 1. The lowest BCUT2D eigenvalue weighted by atomic mass is 10.1. The Labute approximate surface area is 137 Å². The van der Waals surface area contributed by atoms with Crippen LogP contribution in [0.3, 0.4) is 0 Å². The molecule has 1 aromatic heterocycles. The number of H-pyrrole nitrogens is 1. The molecule has 0 spiro atoms. The van der Waals surface area contributed by atoms with Crippen molar-refractivity contribution >= 4 is 34.8 Å². The van der Waals surface area contributed by atoms with Crippen molar-refractivity contribution in [3.8, 4) is 11.3 Å². The number of hydrogen-bond acceptors (Lipinski definition) is 1. The number of halogens is 3. The van der Waals surface area contributed by atoms with Crippen LogP contribution in [0, 0.1) is 0 Å². The molecule has 0 aliphatic carbocycles. The fraction of sp³-hybridized carbons (Fsp3) is 0.0625. The molecule has 0 aliphatic heterocycles. The standard InChI is InChI=1S/C16H11Cl3N2/c17-12-5-11(6-13(18)8-12)15-9-20-16(21-15)7-10-3-1-2-4-14(10)19/h1-6,8-9H,7H2,(H,20,21). The first-order chi connectivity index (χ1) is 10.1. The van der Waals surface area contributed by atoms with Crippen molar-refractivity contribution < 1.29 is 0 Å². The molecular weight excluding hydrogens is 327 g/mol. The maximum absolute atomic E-state index is 6.16. The number of nitrogens with one attached hydrogen (secondary N) is 1. The summed E-state index contributed by atoms with van der Waals surface area (Å²) in [6.45, 7) is 0. The SMILES string of the molecule is Clc1cc(Cl)cc(-c2cnc(Cc3ccccc3Cl)[nH]2)c1. The number of imidazole rings is 1. The highest BCUT2D eigenvalue weighted by atomic mass is 35.5. The summed E-state index contributed by atoms with van der Waals surface area (Å²) in [5, 5.41) is 1.93. The van der Waals surface area contributed by atoms with Crippen LogP contribution in [0.2, 0.25) is 15.1 Å². The van der Waals surface area contributed by atoms with E-state index in [0.29, 0.717) is 16.5 Å². The number of benzene rings is 2. The average Bonchev–Trinajstić information content (AvgIpc) is 2.89. The molecule has 1 N–H and O–H groups in total. The maximum atomic E-state index is 6.16. The van der Waals surface area contributed by atoms with Crippen molar-refractivity contribution in [1.29, 1.82) is 0 Å². The molecule has 0 amide bonds. The highest BCUT2D eigenvalue weighted by Gasteiger charge is 2.07. The monoisotopic (exact) mass is 336 g/mol. The largest absolute Gasteiger partial charge is 0.342 e. The van der Waals surface area contributed by atoms with Gasteiger partial charge < -0.3 is 4.98 Å².